The molecule has 112 valence electrons. The van der Waals surface area contributed by atoms with Gasteiger partial charge in [-0.15, -0.1) is 0 Å². The summed E-state index contributed by atoms with van der Waals surface area (Å²) in [6.45, 7) is 6.12. The van der Waals surface area contributed by atoms with Crippen molar-refractivity contribution in [1.29, 1.82) is 0 Å². The Morgan fingerprint density at radius 3 is 2.95 bits per heavy atom. The van der Waals surface area contributed by atoms with Crippen LogP contribution in [0.1, 0.15) is 29.3 Å². The Labute approximate surface area is 124 Å². The molecule has 2 heterocycles. The van der Waals surface area contributed by atoms with E-state index in [1.54, 1.807) is 24.5 Å². The Bertz CT molecular complexity index is 593. The number of rotatable bonds is 7. The Morgan fingerprint density at radius 2 is 2.24 bits per heavy atom. The SMILES string of the molecule is CCCNc1cc(C(=O)NCCn2cc(C)cn2)ccn1. The molecular weight excluding hydrogens is 266 g/mol. The molecule has 0 bridgehead atoms. The maximum Gasteiger partial charge on any atom is 0.251 e. The van der Waals surface area contributed by atoms with Crippen molar-refractivity contribution in [3.8, 4) is 0 Å². The molecule has 0 fully saturated rings. The molecule has 2 rings (SSSR count). The molecule has 21 heavy (non-hydrogen) atoms. The molecule has 0 atom stereocenters. The standard InChI is InChI=1S/C15H21N5O/c1-3-5-16-14-9-13(4-6-17-14)15(21)18-7-8-20-11-12(2)10-19-20/h4,6,9-11H,3,5,7-8H2,1-2H3,(H,16,17)(H,18,21). The number of amides is 1. The van der Waals surface area contributed by atoms with Gasteiger partial charge in [-0.2, -0.15) is 5.10 Å². The van der Waals surface area contributed by atoms with E-state index in [9.17, 15) is 4.79 Å². The fraction of sp³-hybridized carbons (Fsp3) is 0.400. The van der Waals surface area contributed by atoms with Crippen molar-refractivity contribution in [1.82, 2.24) is 20.1 Å². The largest absolute Gasteiger partial charge is 0.370 e. The highest BCUT2D eigenvalue weighted by Gasteiger charge is 2.06. The second kappa shape index (κ2) is 7.42. The minimum Gasteiger partial charge on any atom is -0.370 e. The van der Waals surface area contributed by atoms with Crippen LogP contribution in [0.4, 0.5) is 5.82 Å². The first-order valence-corrected chi connectivity index (χ1v) is 7.16. The van der Waals surface area contributed by atoms with Gasteiger partial charge in [-0.3, -0.25) is 9.48 Å². The molecule has 0 unspecified atom stereocenters. The lowest BCUT2D eigenvalue weighted by Crippen LogP contribution is -2.27. The van der Waals surface area contributed by atoms with E-state index in [1.807, 2.05) is 17.8 Å². The van der Waals surface area contributed by atoms with Gasteiger partial charge in [-0.05, 0) is 31.0 Å². The maximum absolute atomic E-state index is 12.1. The Balaban J connectivity index is 1.85. The zero-order valence-electron chi connectivity index (χ0n) is 12.5. The summed E-state index contributed by atoms with van der Waals surface area (Å²) in [6, 6.07) is 3.48. The number of aryl methyl sites for hydroxylation is 1. The number of hydrogen-bond acceptors (Lipinski definition) is 4. The fourth-order valence-corrected chi connectivity index (χ4v) is 1.90. The summed E-state index contributed by atoms with van der Waals surface area (Å²) in [5.41, 5.74) is 1.72. The summed E-state index contributed by atoms with van der Waals surface area (Å²) in [4.78, 5) is 16.3. The van der Waals surface area contributed by atoms with E-state index < -0.39 is 0 Å². The van der Waals surface area contributed by atoms with Crippen LogP contribution < -0.4 is 10.6 Å². The third-order valence-corrected chi connectivity index (χ3v) is 2.97. The molecular formula is C15H21N5O. The van der Waals surface area contributed by atoms with Crippen LogP contribution >= 0.6 is 0 Å². The summed E-state index contributed by atoms with van der Waals surface area (Å²) in [5.74, 6) is 0.632. The Hall–Kier alpha value is -2.37. The summed E-state index contributed by atoms with van der Waals surface area (Å²) >= 11 is 0. The van der Waals surface area contributed by atoms with Gasteiger partial charge in [0.25, 0.3) is 5.91 Å². The van der Waals surface area contributed by atoms with E-state index in [0.29, 0.717) is 18.7 Å². The predicted molar refractivity (Wildman–Crippen MR) is 82.3 cm³/mol. The topological polar surface area (TPSA) is 71.8 Å². The van der Waals surface area contributed by atoms with Gasteiger partial charge in [0.2, 0.25) is 0 Å². The number of anilines is 1. The van der Waals surface area contributed by atoms with E-state index in [-0.39, 0.29) is 5.91 Å². The molecule has 0 aliphatic rings. The molecule has 0 aromatic carbocycles. The van der Waals surface area contributed by atoms with E-state index in [4.69, 9.17) is 0 Å². The molecule has 2 aromatic heterocycles. The zero-order valence-corrected chi connectivity index (χ0v) is 12.5. The lowest BCUT2D eigenvalue weighted by molar-refractivity contribution is 0.0952. The maximum atomic E-state index is 12.1. The summed E-state index contributed by atoms with van der Waals surface area (Å²) in [6.07, 6.45) is 6.41. The first kappa shape index (κ1) is 15.0. The Kier molecular flexibility index (Phi) is 5.31. The number of aromatic nitrogens is 3. The molecule has 0 aliphatic heterocycles. The number of hydrogen-bond donors (Lipinski definition) is 2. The van der Waals surface area contributed by atoms with Crippen molar-refractivity contribution in [2.45, 2.75) is 26.8 Å². The summed E-state index contributed by atoms with van der Waals surface area (Å²) in [5, 5.41) is 10.2. The first-order chi connectivity index (χ1) is 10.2. The highest BCUT2D eigenvalue weighted by molar-refractivity contribution is 5.94. The number of pyridine rings is 1. The van der Waals surface area contributed by atoms with Crippen LogP contribution in [0.2, 0.25) is 0 Å². The van der Waals surface area contributed by atoms with Crippen molar-refractivity contribution in [3.05, 3.63) is 41.9 Å². The molecule has 6 heteroatoms. The average molecular weight is 287 g/mol. The van der Waals surface area contributed by atoms with Crippen LogP contribution in [-0.2, 0) is 6.54 Å². The summed E-state index contributed by atoms with van der Waals surface area (Å²) < 4.78 is 1.82. The van der Waals surface area contributed by atoms with Crippen molar-refractivity contribution >= 4 is 11.7 Å². The van der Waals surface area contributed by atoms with Crippen molar-refractivity contribution in [2.75, 3.05) is 18.4 Å². The highest BCUT2D eigenvalue weighted by atomic mass is 16.1. The third kappa shape index (κ3) is 4.59. The lowest BCUT2D eigenvalue weighted by atomic mass is 10.2. The molecule has 0 spiro atoms. The summed E-state index contributed by atoms with van der Waals surface area (Å²) in [7, 11) is 0. The zero-order chi connectivity index (χ0) is 15.1. The van der Waals surface area contributed by atoms with Crippen LogP contribution in [0.15, 0.2) is 30.7 Å². The van der Waals surface area contributed by atoms with Crippen LogP contribution in [0.5, 0.6) is 0 Å². The smallest absolute Gasteiger partial charge is 0.251 e. The Morgan fingerprint density at radius 1 is 1.38 bits per heavy atom. The average Bonchev–Trinajstić information content (AvgIpc) is 2.91. The molecule has 2 N–H and O–H groups in total. The van der Waals surface area contributed by atoms with Crippen LogP contribution in [0.3, 0.4) is 0 Å². The van der Waals surface area contributed by atoms with Crippen molar-refractivity contribution < 1.29 is 4.79 Å². The third-order valence-electron chi connectivity index (χ3n) is 2.97. The van der Waals surface area contributed by atoms with E-state index in [2.05, 4.69) is 27.6 Å². The predicted octanol–water partition coefficient (Wildman–Crippen LogP) is 1.84. The number of nitrogens with one attached hydrogen (secondary N) is 2. The van der Waals surface area contributed by atoms with Gasteiger partial charge in [-0.1, -0.05) is 6.92 Å². The molecule has 0 saturated carbocycles. The number of carbonyl (C=O) groups excluding carboxylic acids is 1. The quantitative estimate of drug-likeness (QED) is 0.815. The van der Waals surface area contributed by atoms with Crippen molar-refractivity contribution in [3.63, 3.8) is 0 Å². The second-order valence-electron chi connectivity index (χ2n) is 4.89. The monoisotopic (exact) mass is 287 g/mol. The molecule has 0 saturated heterocycles. The van der Waals surface area contributed by atoms with E-state index >= 15 is 0 Å². The van der Waals surface area contributed by atoms with Gasteiger partial charge < -0.3 is 10.6 Å². The van der Waals surface area contributed by atoms with Crippen LogP contribution in [0.25, 0.3) is 0 Å². The molecule has 0 radical (unpaired) electrons. The lowest BCUT2D eigenvalue weighted by Gasteiger charge is -2.08. The first-order valence-electron chi connectivity index (χ1n) is 7.16. The fourth-order valence-electron chi connectivity index (χ4n) is 1.90. The molecule has 0 aliphatic carbocycles. The molecule has 2 aromatic rings. The highest BCUT2D eigenvalue weighted by Crippen LogP contribution is 2.06. The van der Waals surface area contributed by atoms with Gasteiger partial charge in [0.15, 0.2) is 0 Å². The normalized spacial score (nSPS) is 10.4. The number of nitrogens with zero attached hydrogens (tertiary/aromatic N) is 3. The van der Waals surface area contributed by atoms with Gasteiger partial charge in [0.1, 0.15) is 5.82 Å². The minimum atomic E-state index is -0.0965. The van der Waals surface area contributed by atoms with Gasteiger partial charge >= 0.3 is 0 Å². The molecule has 1 amide bonds. The molecule has 6 nitrogen and oxygen atoms in total. The van der Waals surface area contributed by atoms with Crippen LogP contribution in [-0.4, -0.2) is 33.8 Å². The van der Waals surface area contributed by atoms with Gasteiger partial charge in [-0.25, -0.2) is 4.98 Å². The second-order valence-corrected chi connectivity index (χ2v) is 4.89. The van der Waals surface area contributed by atoms with E-state index in [1.165, 1.54) is 0 Å². The number of carbonyl (C=O) groups is 1. The van der Waals surface area contributed by atoms with Gasteiger partial charge in [0, 0.05) is 31.0 Å². The van der Waals surface area contributed by atoms with Crippen LogP contribution in [0, 0.1) is 6.92 Å². The van der Waals surface area contributed by atoms with Crippen molar-refractivity contribution in [2.24, 2.45) is 0 Å². The van der Waals surface area contributed by atoms with Gasteiger partial charge in [0.05, 0.1) is 12.7 Å². The van der Waals surface area contributed by atoms with E-state index in [0.717, 1.165) is 24.3 Å². The minimum absolute atomic E-state index is 0.0965.